The average molecular weight is 288 g/mol. The van der Waals surface area contributed by atoms with Crippen molar-refractivity contribution in [3.05, 3.63) is 23.8 Å². The van der Waals surface area contributed by atoms with Crippen molar-refractivity contribution in [3.63, 3.8) is 0 Å². The summed E-state index contributed by atoms with van der Waals surface area (Å²) in [6.07, 6.45) is 0. The number of hydrogen-bond acceptors (Lipinski definition) is 5. The number of nitrogens with zero attached hydrogens (tertiary/aromatic N) is 2. The first-order valence-corrected chi connectivity index (χ1v) is 6.98. The Balaban J connectivity index is 2.31. The fourth-order valence-corrected chi connectivity index (χ4v) is 2.39. The second-order valence-electron chi connectivity index (χ2n) is 5.30. The first-order chi connectivity index (χ1) is 10.0. The zero-order chi connectivity index (χ0) is 15.4. The van der Waals surface area contributed by atoms with Crippen LogP contribution in [0.1, 0.15) is 19.4 Å². The fourth-order valence-electron chi connectivity index (χ4n) is 2.39. The summed E-state index contributed by atoms with van der Waals surface area (Å²) < 4.78 is 5.42. The largest absolute Gasteiger partial charge is 0.396 e. The molecule has 1 aromatic rings. The molecule has 1 aromatic carbocycles. The average Bonchev–Trinajstić information content (AvgIpc) is 2.47. The first-order valence-electron chi connectivity index (χ1n) is 6.98. The maximum Gasteiger partial charge on any atom is 0.245 e. The van der Waals surface area contributed by atoms with Crippen molar-refractivity contribution in [2.24, 2.45) is 0 Å². The monoisotopic (exact) mass is 288 g/mol. The van der Waals surface area contributed by atoms with Crippen molar-refractivity contribution in [3.8, 4) is 6.07 Å². The van der Waals surface area contributed by atoms with Crippen LogP contribution in [-0.2, 0) is 9.53 Å². The molecule has 6 nitrogen and oxygen atoms in total. The second-order valence-corrected chi connectivity index (χ2v) is 5.30. The molecule has 6 heteroatoms. The quantitative estimate of drug-likeness (QED) is 0.805. The van der Waals surface area contributed by atoms with Gasteiger partial charge in [-0.3, -0.25) is 4.79 Å². The Morgan fingerprint density at radius 2 is 2.33 bits per heavy atom. The summed E-state index contributed by atoms with van der Waals surface area (Å²) in [6, 6.07) is 6.97. The highest BCUT2D eigenvalue weighted by Crippen LogP contribution is 2.29. The lowest BCUT2D eigenvalue weighted by Crippen LogP contribution is -2.55. The van der Waals surface area contributed by atoms with Gasteiger partial charge in [-0.05, 0) is 26.0 Å². The minimum atomic E-state index is -0.433. The van der Waals surface area contributed by atoms with Gasteiger partial charge in [-0.25, -0.2) is 0 Å². The summed E-state index contributed by atoms with van der Waals surface area (Å²) in [5.74, 6) is -0.0912. The van der Waals surface area contributed by atoms with Gasteiger partial charge in [0.05, 0.1) is 30.2 Å². The number of rotatable bonds is 3. The molecule has 1 fully saturated rings. The molecule has 1 aliphatic heterocycles. The van der Waals surface area contributed by atoms with E-state index < -0.39 is 6.04 Å². The summed E-state index contributed by atoms with van der Waals surface area (Å²) in [6.45, 7) is 5.24. The van der Waals surface area contributed by atoms with Gasteiger partial charge in [0.25, 0.3) is 0 Å². The zero-order valence-corrected chi connectivity index (χ0v) is 12.3. The molecule has 1 amide bonds. The highest BCUT2D eigenvalue weighted by atomic mass is 16.5. The number of nitrogen functional groups attached to an aromatic ring is 1. The van der Waals surface area contributed by atoms with Crippen LogP contribution in [0.3, 0.4) is 0 Å². The molecule has 2 rings (SSSR count). The molecule has 0 radical (unpaired) electrons. The number of anilines is 2. The molecular formula is C15H20N4O2. The van der Waals surface area contributed by atoms with Crippen LogP contribution in [0.15, 0.2) is 18.2 Å². The number of ether oxygens (including phenoxy) is 1. The van der Waals surface area contributed by atoms with Gasteiger partial charge in [0.15, 0.2) is 0 Å². The summed E-state index contributed by atoms with van der Waals surface area (Å²) in [7, 11) is 0. The van der Waals surface area contributed by atoms with Crippen LogP contribution in [0, 0.1) is 11.3 Å². The van der Waals surface area contributed by atoms with E-state index in [1.54, 1.807) is 12.1 Å². The molecule has 1 heterocycles. The third-order valence-corrected chi connectivity index (χ3v) is 3.38. The SMILES string of the molecule is CC(C)NC(=O)C1COCCN1c1cccc(C#N)c1N. The maximum absolute atomic E-state index is 12.3. The van der Waals surface area contributed by atoms with E-state index in [0.717, 1.165) is 0 Å². The molecule has 1 saturated heterocycles. The van der Waals surface area contributed by atoms with Crippen LogP contribution < -0.4 is 16.0 Å². The van der Waals surface area contributed by atoms with Crippen LogP contribution in [0.5, 0.6) is 0 Å². The number of nitriles is 1. The van der Waals surface area contributed by atoms with Crippen molar-refractivity contribution in [1.82, 2.24) is 5.32 Å². The van der Waals surface area contributed by atoms with Gasteiger partial charge in [0, 0.05) is 12.6 Å². The number of benzene rings is 1. The first kappa shape index (κ1) is 15.1. The van der Waals surface area contributed by atoms with Gasteiger partial charge in [-0.1, -0.05) is 6.07 Å². The van der Waals surface area contributed by atoms with Crippen molar-refractivity contribution in [2.45, 2.75) is 25.9 Å². The van der Waals surface area contributed by atoms with Gasteiger partial charge >= 0.3 is 0 Å². The molecule has 0 saturated carbocycles. The summed E-state index contributed by atoms with van der Waals surface area (Å²) >= 11 is 0. The Morgan fingerprint density at radius 3 is 3.00 bits per heavy atom. The Kier molecular flexibility index (Phi) is 4.66. The van der Waals surface area contributed by atoms with E-state index in [4.69, 9.17) is 15.7 Å². The van der Waals surface area contributed by atoms with Crippen molar-refractivity contribution in [2.75, 3.05) is 30.4 Å². The van der Waals surface area contributed by atoms with E-state index in [0.29, 0.717) is 36.7 Å². The maximum atomic E-state index is 12.3. The van der Waals surface area contributed by atoms with Gasteiger partial charge in [-0.2, -0.15) is 5.26 Å². The van der Waals surface area contributed by atoms with Crippen molar-refractivity contribution >= 4 is 17.3 Å². The Hall–Kier alpha value is -2.26. The van der Waals surface area contributed by atoms with E-state index in [9.17, 15) is 4.79 Å². The van der Waals surface area contributed by atoms with Gasteiger partial charge < -0.3 is 20.7 Å². The van der Waals surface area contributed by atoms with Crippen LogP contribution in [0.25, 0.3) is 0 Å². The van der Waals surface area contributed by atoms with E-state index in [1.807, 2.05) is 24.8 Å². The van der Waals surface area contributed by atoms with E-state index in [-0.39, 0.29) is 11.9 Å². The number of hydrogen-bond donors (Lipinski definition) is 2. The third kappa shape index (κ3) is 3.26. The summed E-state index contributed by atoms with van der Waals surface area (Å²) in [5.41, 5.74) is 7.59. The predicted molar refractivity (Wildman–Crippen MR) is 80.8 cm³/mol. The normalized spacial score (nSPS) is 18.4. The number of amides is 1. The number of nitrogens with one attached hydrogen (secondary N) is 1. The lowest BCUT2D eigenvalue weighted by molar-refractivity contribution is -0.125. The fraction of sp³-hybridized carbons (Fsp3) is 0.467. The Labute approximate surface area is 124 Å². The van der Waals surface area contributed by atoms with E-state index in [2.05, 4.69) is 11.4 Å². The van der Waals surface area contributed by atoms with Crippen LogP contribution >= 0.6 is 0 Å². The Bertz CT molecular complexity index is 565. The van der Waals surface area contributed by atoms with E-state index >= 15 is 0 Å². The van der Waals surface area contributed by atoms with Gasteiger partial charge in [0.2, 0.25) is 5.91 Å². The standard InChI is InChI=1S/C15H20N4O2/c1-10(2)18-15(20)13-9-21-7-6-19(13)12-5-3-4-11(8-16)14(12)17/h3-5,10,13H,6-7,9,17H2,1-2H3,(H,18,20). The van der Waals surface area contributed by atoms with E-state index in [1.165, 1.54) is 0 Å². The molecule has 0 aromatic heterocycles. The lowest BCUT2D eigenvalue weighted by atomic mass is 10.1. The number of morpholine rings is 1. The second kappa shape index (κ2) is 6.46. The molecule has 1 unspecified atom stereocenters. The van der Waals surface area contributed by atoms with Gasteiger partial charge in [0.1, 0.15) is 12.1 Å². The third-order valence-electron chi connectivity index (χ3n) is 3.38. The molecule has 0 spiro atoms. The highest BCUT2D eigenvalue weighted by Gasteiger charge is 2.31. The molecule has 1 aliphatic rings. The van der Waals surface area contributed by atoms with Gasteiger partial charge in [-0.15, -0.1) is 0 Å². The topological polar surface area (TPSA) is 91.4 Å². The number of carbonyl (C=O) groups excluding carboxylic acids is 1. The van der Waals surface area contributed by atoms with Crippen LogP contribution in [0.2, 0.25) is 0 Å². The van der Waals surface area contributed by atoms with Crippen LogP contribution in [-0.4, -0.2) is 37.7 Å². The molecule has 21 heavy (non-hydrogen) atoms. The molecule has 0 aliphatic carbocycles. The van der Waals surface area contributed by atoms with Crippen LogP contribution in [0.4, 0.5) is 11.4 Å². The minimum Gasteiger partial charge on any atom is -0.396 e. The molecule has 3 N–H and O–H groups in total. The zero-order valence-electron chi connectivity index (χ0n) is 12.3. The van der Waals surface area contributed by atoms with Crippen molar-refractivity contribution in [1.29, 1.82) is 5.26 Å². The number of nitrogens with two attached hydrogens (primary N) is 1. The molecule has 0 bridgehead atoms. The van der Waals surface area contributed by atoms with Crippen molar-refractivity contribution < 1.29 is 9.53 Å². The highest BCUT2D eigenvalue weighted by molar-refractivity contribution is 5.88. The number of carbonyl (C=O) groups is 1. The number of para-hydroxylation sites is 1. The molecule has 112 valence electrons. The smallest absolute Gasteiger partial charge is 0.245 e. The predicted octanol–water partition coefficient (Wildman–Crippen LogP) is 0.870. The minimum absolute atomic E-state index is 0.0593. The summed E-state index contributed by atoms with van der Waals surface area (Å²) in [5, 5.41) is 12.0. The summed E-state index contributed by atoms with van der Waals surface area (Å²) in [4.78, 5) is 14.2. The Morgan fingerprint density at radius 1 is 1.57 bits per heavy atom. The molecule has 1 atom stereocenters. The molecular weight excluding hydrogens is 268 g/mol. The lowest BCUT2D eigenvalue weighted by Gasteiger charge is -2.37.